The van der Waals surface area contributed by atoms with Crippen LogP contribution in [0.25, 0.3) is 0 Å². The highest BCUT2D eigenvalue weighted by Gasteiger charge is 2.31. The summed E-state index contributed by atoms with van der Waals surface area (Å²) in [6, 6.07) is 10.0. The molecule has 170 valence electrons. The maximum atomic E-state index is 11.4. The number of ether oxygens (including phenoxy) is 1. The maximum absolute atomic E-state index is 11.4. The molecule has 0 heterocycles. The highest BCUT2D eigenvalue weighted by molar-refractivity contribution is 6.03. The van der Waals surface area contributed by atoms with E-state index in [1.54, 1.807) is 0 Å². The first-order valence-electron chi connectivity index (χ1n) is 11.2. The van der Waals surface area contributed by atoms with Crippen molar-refractivity contribution in [3.63, 3.8) is 0 Å². The predicted octanol–water partition coefficient (Wildman–Crippen LogP) is 5.54. The van der Waals surface area contributed by atoms with Crippen LogP contribution in [0.15, 0.2) is 35.5 Å². The lowest BCUT2D eigenvalue weighted by atomic mass is 9.68. The van der Waals surface area contributed by atoms with E-state index in [-0.39, 0.29) is 12.3 Å². The van der Waals surface area contributed by atoms with Gasteiger partial charge in [0.2, 0.25) is 0 Å². The molecule has 0 spiro atoms. The second-order valence-corrected chi connectivity index (χ2v) is 9.70. The van der Waals surface area contributed by atoms with Crippen LogP contribution in [0.2, 0.25) is 0 Å². The number of carbonyl (C=O) groups is 1. The Morgan fingerprint density at radius 2 is 1.97 bits per heavy atom. The van der Waals surface area contributed by atoms with E-state index in [2.05, 4.69) is 37.8 Å². The third-order valence-electron chi connectivity index (χ3n) is 5.49. The first kappa shape index (κ1) is 24.9. The average molecular weight is 428 g/mol. The fraction of sp³-hybridized carbons (Fsp3) is 0.615. The Morgan fingerprint density at radius 3 is 2.58 bits per heavy atom. The topological polar surface area (TPSA) is 68.1 Å². The third kappa shape index (κ3) is 10.0. The van der Waals surface area contributed by atoms with E-state index in [0.29, 0.717) is 36.7 Å². The van der Waals surface area contributed by atoms with Gasteiger partial charge in [0, 0.05) is 18.4 Å². The van der Waals surface area contributed by atoms with Crippen LogP contribution in [-0.2, 0) is 21.0 Å². The van der Waals surface area contributed by atoms with Crippen molar-refractivity contribution in [2.75, 3.05) is 13.7 Å². The van der Waals surface area contributed by atoms with Crippen LogP contribution in [0.5, 0.6) is 0 Å². The molecule has 2 rings (SSSR count). The summed E-state index contributed by atoms with van der Waals surface area (Å²) in [6.45, 7) is 7.94. The van der Waals surface area contributed by atoms with Crippen LogP contribution in [0.3, 0.4) is 0 Å². The van der Waals surface area contributed by atoms with E-state index >= 15 is 0 Å². The zero-order valence-electron chi connectivity index (χ0n) is 19.4. The van der Waals surface area contributed by atoms with Gasteiger partial charge in [-0.3, -0.25) is 4.79 Å². The van der Waals surface area contributed by atoms with Crippen molar-refractivity contribution in [2.24, 2.45) is 28.3 Å². The van der Waals surface area contributed by atoms with Crippen LogP contribution in [0, 0.1) is 35.0 Å². The monoisotopic (exact) mass is 427 g/mol. The summed E-state index contributed by atoms with van der Waals surface area (Å²) >= 11 is 0. The molecular formula is C26H37NO4. The molecule has 1 aliphatic carbocycles. The fourth-order valence-electron chi connectivity index (χ4n) is 4.10. The molecule has 1 aromatic rings. The molecular weight excluding hydrogens is 390 g/mol. The molecule has 1 aromatic carbocycles. The summed E-state index contributed by atoms with van der Waals surface area (Å²) < 4.78 is 5.74. The lowest BCUT2D eigenvalue weighted by Gasteiger charge is -2.36. The van der Waals surface area contributed by atoms with E-state index in [1.807, 2.05) is 30.3 Å². The molecule has 0 bridgehead atoms. The van der Waals surface area contributed by atoms with Gasteiger partial charge in [0.25, 0.3) is 0 Å². The highest BCUT2D eigenvalue weighted by Crippen LogP contribution is 2.40. The first-order chi connectivity index (χ1) is 14.8. The standard InChI is InChI=1S/C26H37NO4/c1-26(2,3)18-22-15-21(16-22)12-13-24(27-30-4)23(17-25(28)29)11-8-14-31-19-20-9-6-5-7-10-20/h5-7,9-10,21-23H,8,11,14-19H2,1-4H3,(H,28,29). The van der Waals surface area contributed by atoms with Crippen LogP contribution < -0.4 is 0 Å². The molecule has 0 saturated heterocycles. The van der Waals surface area contributed by atoms with Gasteiger partial charge in [-0.25, -0.2) is 0 Å². The minimum atomic E-state index is -0.852. The smallest absolute Gasteiger partial charge is 0.304 e. The third-order valence-corrected chi connectivity index (χ3v) is 5.49. The Bertz CT molecular complexity index is 764. The minimum Gasteiger partial charge on any atom is -0.481 e. The minimum absolute atomic E-state index is 0.00707. The Labute approximate surface area is 187 Å². The van der Waals surface area contributed by atoms with Gasteiger partial charge in [-0.15, -0.1) is 0 Å². The van der Waals surface area contributed by atoms with Gasteiger partial charge in [-0.2, -0.15) is 0 Å². The second-order valence-electron chi connectivity index (χ2n) is 9.70. The summed E-state index contributed by atoms with van der Waals surface area (Å²) in [6.07, 6.45) is 4.83. The van der Waals surface area contributed by atoms with Crippen molar-refractivity contribution >= 4 is 11.7 Å². The van der Waals surface area contributed by atoms with Crippen molar-refractivity contribution in [1.29, 1.82) is 0 Å². The van der Waals surface area contributed by atoms with E-state index in [0.717, 1.165) is 30.7 Å². The largest absolute Gasteiger partial charge is 0.481 e. The molecule has 1 fully saturated rings. The number of carboxylic acid groups (broad SMARTS) is 1. The number of benzene rings is 1. The molecule has 1 aliphatic rings. The SMILES string of the molecule is CON=C(C#CC1CC(CC(C)(C)C)C1)C(CCCOCc1ccccc1)CC(=O)O. The fourth-order valence-corrected chi connectivity index (χ4v) is 4.10. The number of carboxylic acids is 1. The summed E-state index contributed by atoms with van der Waals surface area (Å²) in [5.41, 5.74) is 2.01. The first-order valence-corrected chi connectivity index (χ1v) is 11.2. The Balaban J connectivity index is 1.86. The normalized spacial score (nSPS) is 19.7. The summed E-state index contributed by atoms with van der Waals surface area (Å²) in [7, 11) is 1.48. The van der Waals surface area contributed by atoms with E-state index in [1.165, 1.54) is 13.5 Å². The summed E-state index contributed by atoms with van der Waals surface area (Å²) in [5.74, 6) is 6.45. The van der Waals surface area contributed by atoms with E-state index in [9.17, 15) is 9.90 Å². The number of hydrogen-bond donors (Lipinski definition) is 1. The van der Waals surface area contributed by atoms with Gasteiger partial charge in [-0.1, -0.05) is 62.2 Å². The molecule has 1 unspecified atom stereocenters. The molecule has 1 saturated carbocycles. The van der Waals surface area contributed by atoms with Gasteiger partial charge in [0.15, 0.2) is 0 Å². The Kier molecular flexibility index (Phi) is 10.1. The van der Waals surface area contributed by atoms with Crippen LogP contribution in [0.4, 0.5) is 0 Å². The molecule has 5 heteroatoms. The van der Waals surface area contributed by atoms with Crippen LogP contribution in [-0.4, -0.2) is 30.5 Å². The number of rotatable bonds is 11. The molecule has 0 amide bonds. The van der Waals surface area contributed by atoms with Crippen molar-refractivity contribution in [3.8, 4) is 11.8 Å². The zero-order chi connectivity index (χ0) is 22.7. The molecule has 5 nitrogen and oxygen atoms in total. The predicted molar refractivity (Wildman–Crippen MR) is 124 cm³/mol. The number of aliphatic carboxylic acids is 1. The molecule has 31 heavy (non-hydrogen) atoms. The maximum Gasteiger partial charge on any atom is 0.304 e. The molecule has 1 atom stereocenters. The van der Waals surface area contributed by atoms with Crippen molar-refractivity contribution in [2.45, 2.75) is 65.9 Å². The van der Waals surface area contributed by atoms with Gasteiger partial charge in [-0.05, 0) is 54.9 Å². The van der Waals surface area contributed by atoms with Gasteiger partial charge in [0.05, 0.1) is 13.0 Å². The van der Waals surface area contributed by atoms with E-state index < -0.39 is 5.97 Å². The highest BCUT2D eigenvalue weighted by atomic mass is 16.6. The van der Waals surface area contributed by atoms with Crippen molar-refractivity contribution in [1.82, 2.24) is 0 Å². The lowest BCUT2D eigenvalue weighted by Crippen LogP contribution is -2.27. The molecule has 1 N–H and O–H groups in total. The summed E-state index contributed by atoms with van der Waals surface area (Å²) in [5, 5.41) is 13.4. The number of oxime groups is 1. The van der Waals surface area contributed by atoms with Gasteiger partial charge < -0.3 is 14.7 Å². The molecule has 0 radical (unpaired) electrons. The second kappa shape index (κ2) is 12.5. The quantitative estimate of drug-likeness (QED) is 0.218. The number of nitrogens with zero attached hydrogens (tertiary/aromatic N) is 1. The lowest BCUT2D eigenvalue weighted by molar-refractivity contribution is -0.137. The van der Waals surface area contributed by atoms with Crippen molar-refractivity contribution in [3.05, 3.63) is 35.9 Å². The molecule has 0 aliphatic heterocycles. The van der Waals surface area contributed by atoms with Crippen LogP contribution >= 0.6 is 0 Å². The summed E-state index contributed by atoms with van der Waals surface area (Å²) in [4.78, 5) is 16.4. The Hall–Kier alpha value is -2.32. The van der Waals surface area contributed by atoms with Crippen LogP contribution in [0.1, 0.15) is 64.9 Å². The molecule has 0 aromatic heterocycles. The average Bonchev–Trinajstić information content (AvgIpc) is 2.67. The zero-order valence-corrected chi connectivity index (χ0v) is 19.4. The van der Waals surface area contributed by atoms with Crippen molar-refractivity contribution < 1.29 is 19.5 Å². The number of hydrogen-bond acceptors (Lipinski definition) is 4. The Morgan fingerprint density at radius 1 is 1.26 bits per heavy atom. The van der Waals surface area contributed by atoms with Gasteiger partial charge in [0.1, 0.15) is 12.8 Å². The van der Waals surface area contributed by atoms with E-state index in [4.69, 9.17) is 9.57 Å². The van der Waals surface area contributed by atoms with Gasteiger partial charge >= 0.3 is 5.97 Å².